The second-order valence-electron chi connectivity index (χ2n) is 2.84. The van der Waals surface area contributed by atoms with E-state index in [0.29, 0.717) is 5.69 Å². The van der Waals surface area contributed by atoms with E-state index in [1.54, 1.807) is 24.4 Å². The minimum absolute atomic E-state index is 0.288. The van der Waals surface area contributed by atoms with E-state index in [1.165, 1.54) is 12.3 Å². The van der Waals surface area contributed by atoms with Crippen LogP contribution in [-0.2, 0) is 0 Å². The molecule has 0 atom stereocenters. The largest absolute Gasteiger partial charge is 0.359 e. The van der Waals surface area contributed by atoms with Gasteiger partial charge in [-0.15, -0.1) is 0 Å². The molecule has 0 spiro atoms. The van der Waals surface area contributed by atoms with Crippen molar-refractivity contribution in [3.63, 3.8) is 0 Å². The monoisotopic (exact) mass is 192 g/mol. The molecule has 1 aromatic carbocycles. The van der Waals surface area contributed by atoms with Crippen LogP contribution < -0.4 is 5.32 Å². The lowest BCUT2D eigenvalue weighted by Gasteiger charge is -2.03. The molecule has 0 aliphatic heterocycles. The van der Waals surface area contributed by atoms with E-state index in [1.807, 2.05) is 6.92 Å². The van der Waals surface area contributed by atoms with E-state index >= 15 is 0 Å². The van der Waals surface area contributed by atoms with Gasteiger partial charge >= 0.3 is 0 Å². The number of rotatable bonds is 4. The predicted octanol–water partition coefficient (Wildman–Crippen LogP) is 3.18. The first-order chi connectivity index (χ1) is 6.77. The molecule has 3 heteroatoms. The van der Waals surface area contributed by atoms with Gasteiger partial charge in [-0.3, -0.25) is 0 Å². The van der Waals surface area contributed by atoms with Gasteiger partial charge in [0.05, 0.1) is 5.69 Å². The third kappa shape index (κ3) is 2.69. The van der Waals surface area contributed by atoms with Gasteiger partial charge in [0.2, 0.25) is 0 Å². The Balaban J connectivity index is 2.74. The molecule has 74 valence electrons. The molecule has 0 aliphatic rings. The molecule has 0 aromatic heterocycles. The van der Waals surface area contributed by atoms with E-state index in [4.69, 9.17) is 5.41 Å². The van der Waals surface area contributed by atoms with Gasteiger partial charge in [-0.25, -0.2) is 4.39 Å². The average Bonchev–Trinajstić information content (AvgIpc) is 2.22. The molecule has 2 N–H and O–H groups in total. The van der Waals surface area contributed by atoms with Crippen LogP contribution in [0.1, 0.15) is 13.3 Å². The molecule has 0 bridgehead atoms. The molecule has 1 aromatic rings. The number of hydrogen-bond acceptors (Lipinski definition) is 2. The molecule has 0 heterocycles. The number of anilines is 1. The molecule has 1 rings (SSSR count). The quantitative estimate of drug-likeness (QED) is 0.706. The number of para-hydroxylation sites is 1. The van der Waals surface area contributed by atoms with Crippen molar-refractivity contribution in [3.8, 4) is 0 Å². The Morgan fingerprint density at radius 3 is 2.79 bits per heavy atom. The molecule has 0 unspecified atom stereocenters. The first kappa shape index (κ1) is 10.4. The smallest absolute Gasteiger partial charge is 0.146 e. The first-order valence-electron chi connectivity index (χ1n) is 4.48. The van der Waals surface area contributed by atoms with Crippen molar-refractivity contribution in [2.75, 3.05) is 5.32 Å². The summed E-state index contributed by atoms with van der Waals surface area (Å²) in [6.45, 7) is 1.94. The molecular formula is C11H13FN2. The lowest BCUT2D eigenvalue weighted by Crippen LogP contribution is -1.94. The molecule has 14 heavy (non-hydrogen) atoms. The van der Waals surface area contributed by atoms with Crippen molar-refractivity contribution >= 4 is 11.9 Å². The summed E-state index contributed by atoms with van der Waals surface area (Å²) in [5.41, 5.74) is 1.26. The first-order valence-corrected chi connectivity index (χ1v) is 4.48. The van der Waals surface area contributed by atoms with Crippen LogP contribution in [-0.4, -0.2) is 6.21 Å². The van der Waals surface area contributed by atoms with Crippen LogP contribution in [0.4, 0.5) is 10.1 Å². The SMILES string of the molecule is CC/C(C=N)=C/Nc1ccccc1F. The van der Waals surface area contributed by atoms with Crippen LogP contribution in [0.15, 0.2) is 36.0 Å². The van der Waals surface area contributed by atoms with Crippen LogP contribution in [0.5, 0.6) is 0 Å². The standard InChI is InChI=1S/C11H13FN2/c1-2-9(7-13)8-14-11-6-4-3-5-10(11)12/h3-8,13-14H,2H2,1H3/b9-8-,13-7?. The highest BCUT2D eigenvalue weighted by molar-refractivity contribution is 5.76. The van der Waals surface area contributed by atoms with Crippen LogP contribution in [0.3, 0.4) is 0 Å². The van der Waals surface area contributed by atoms with Crippen molar-refractivity contribution in [3.05, 3.63) is 41.9 Å². The summed E-state index contributed by atoms with van der Waals surface area (Å²) >= 11 is 0. The summed E-state index contributed by atoms with van der Waals surface area (Å²) in [5, 5.41) is 9.88. The lowest BCUT2D eigenvalue weighted by molar-refractivity contribution is 0.632. The summed E-state index contributed by atoms with van der Waals surface area (Å²) < 4.78 is 13.1. The second kappa shape index (κ2) is 5.17. The zero-order valence-corrected chi connectivity index (χ0v) is 8.05. The predicted molar refractivity (Wildman–Crippen MR) is 57.2 cm³/mol. The summed E-state index contributed by atoms with van der Waals surface area (Å²) in [6, 6.07) is 6.45. The van der Waals surface area contributed by atoms with Crippen LogP contribution in [0.25, 0.3) is 0 Å². The second-order valence-corrected chi connectivity index (χ2v) is 2.84. The van der Waals surface area contributed by atoms with Gasteiger partial charge in [0.1, 0.15) is 5.82 Å². The van der Waals surface area contributed by atoms with E-state index in [-0.39, 0.29) is 5.82 Å². The summed E-state index contributed by atoms with van der Waals surface area (Å²) in [5.74, 6) is -0.288. The Morgan fingerprint density at radius 2 is 2.21 bits per heavy atom. The highest BCUT2D eigenvalue weighted by atomic mass is 19.1. The number of benzene rings is 1. The normalized spacial score (nSPS) is 11.1. The zero-order chi connectivity index (χ0) is 10.4. The molecule has 0 aliphatic carbocycles. The third-order valence-electron chi connectivity index (χ3n) is 1.88. The van der Waals surface area contributed by atoms with Crippen molar-refractivity contribution < 1.29 is 4.39 Å². The molecule has 0 amide bonds. The molecule has 0 fully saturated rings. The molecule has 0 saturated heterocycles. The minimum atomic E-state index is -0.288. The van der Waals surface area contributed by atoms with E-state index in [0.717, 1.165) is 12.0 Å². The minimum Gasteiger partial charge on any atom is -0.359 e. The Labute approximate surface area is 83.0 Å². The maximum Gasteiger partial charge on any atom is 0.146 e. The van der Waals surface area contributed by atoms with E-state index in [2.05, 4.69) is 5.32 Å². The average molecular weight is 192 g/mol. The number of halogens is 1. The Morgan fingerprint density at radius 1 is 1.50 bits per heavy atom. The molecule has 0 radical (unpaired) electrons. The van der Waals surface area contributed by atoms with Gasteiger partial charge in [-0.2, -0.15) is 0 Å². The molecular weight excluding hydrogens is 179 g/mol. The topological polar surface area (TPSA) is 35.9 Å². The fraction of sp³-hybridized carbons (Fsp3) is 0.182. The fourth-order valence-electron chi connectivity index (χ4n) is 0.995. The van der Waals surface area contributed by atoms with Crippen LogP contribution in [0.2, 0.25) is 0 Å². The van der Waals surface area contributed by atoms with Gasteiger partial charge in [0.15, 0.2) is 0 Å². The number of hydrogen-bond donors (Lipinski definition) is 2. The van der Waals surface area contributed by atoms with Crippen LogP contribution in [0, 0.1) is 11.2 Å². The fourth-order valence-corrected chi connectivity index (χ4v) is 0.995. The highest BCUT2D eigenvalue weighted by Gasteiger charge is 1.96. The van der Waals surface area contributed by atoms with Crippen molar-refractivity contribution in [1.29, 1.82) is 5.41 Å². The van der Waals surface area contributed by atoms with Crippen molar-refractivity contribution in [2.45, 2.75) is 13.3 Å². The maximum absolute atomic E-state index is 13.1. The van der Waals surface area contributed by atoms with E-state index < -0.39 is 0 Å². The number of allylic oxidation sites excluding steroid dienone is 1. The Bertz CT molecular complexity index is 345. The van der Waals surface area contributed by atoms with E-state index in [9.17, 15) is 4.39 Å². The molecule has 2 nitrogen and oxygen atoms in total. The lowest BCUT2D eigenvalue weighted by atomic mass is 10.2. The maximum atomic E-state index is 13.1. The summed E-state index contributed by atoms with van der Waals surface area (Å²) in [7, 11) is 0. The Kier molecular flexibility index (Phi) is 3.85. The Hall–Kier alpha value is -1.64. The highest BCUT2D eigenvalue weighted by Crippen LogP contribution is 2.12. The summed E-state index contributed by atoms with van der Waals surface area (Å²) in [6.07, 6.45) is 3.66. The van der Waals surface area contributed by atoms with Gasteiger partial charge in [0.25, 0.3) is 0 Å². The van der Waals surface area contributed by atoms with Crippen LogP contribution >= 0.6 is 0 Å². The third-order valence-corrected chi connectivity index (χ3v) is 1.88. The zero-order valence-electron chi connectivity index (χ0n) is 8.05. The van der Waals surface area contributed by atoms with Crippen molar-refractivity contribution in [1.82, 2.24) is 0 Å². The number of nitrogens with one attached hydrogen (secondary N) is 2. The van der Waals surface area contributed by atoms with Gasteiger partial charge < -0.3 is 10.7 Å². The summed E-state index contributed by atoms with van der Waals surface area (Å²) in [4.78, 5) is 0. The van der Waals surface area contributed by atoms with Crippen molar-refractivity contribution in [2.24, 2.45) is 0 Å². The van der Waals surface area contributed by atoms with Gasteiger partial charge in [-0.1, -0.05) is 19.1 Å². The van der Waals surface area contributed by atoms with Gasteiger partial charge in [-0.05, 0) is 24.1 Å². The molecule has 0 saturated carbocycles. The van der Waals surface area contributed by atoms with Gasteiger partial charge in [0, 0.05) is 12.4 Å².